The van der Waals surface area contributed by atoms with Crippen LogP contribution in [-0.2, 0) is 0 Å². The van der Waals surface area contributed by atoms with Crippen LogP contribution in [0.15, 0.2) is 0 Å². The first-order valence-corrected chi connectivity index (χ1v) is 4.44. The van der Waals surface area contributed by atoms with Crippen LogP contribution in [0.5, 0.6) is 0 Å². The van der Waals surface area contributed by atoms with Crippen LogP contribution >= 0.6 is 0 Å². The largest absolute Gasteiger partial charge is 0.314 e. The Hall–Kier alpha value is -0.0800. The molecule has 0 aromatic heterocycles. The molecule has 0 fully saturated rings. The van der Waals surface area contributed by atoms with Crippen molar-refractivity contribution < 1.29 is 0 Å². The van der Waals surface area contributed by atoms with Crippen molar-refractivity contribution in [2.45, 2.75) is 39.3 Å². The SMILES string of the molecule is CC(C)NCCC(C)N(C)C. The highest BCUT2D eigenvalue weighted by Crippen LogP contribution is 1.96. The van der Waals surface area contributed by atoms with Gasteiger partial charge in [-0.3, -0.25) is 0 Å². The average molecular weight is 158 g/mol. The zero-order valence-corrected chi connectivity index (χ0v) is 8.52. The van der Waals surface area contributed by atoms with Gasteiger partial charge in [0, 0.05) is 12.1 Å². The standard InChI is InChI=1S/C9H22N2/c1-8(2)10-7-6-9(3)11(4)5/h8-10H,6-7H2,1-5H3. The Labute approximate surface area is 71.0 Å². The molecule has 0 aliphatic heterocycles. The van der Waals surface area contributed by atoms with Crippen molar-refractivity contribution in [2.24, 2.45) is 0 Å². The number of hydrogen-bond acceptors (Lipinski definition) is 2. The highest BCUT2D eigenvalue weighted by atomic mass is 15.1. The minimum absolute atomic E-state index is 0.615. The number of nitrogens with one attached hydrogen (secondary N) is 1. The van der Waals surface area contributed by atoms with Gasteiger partial charge in [-0.2, -0.15) is 0 Å². The van der Waals surface area contributed by atoms with Gasteiger partial charge in [-0.25, -0.2) is 0 Å². The van der Waals surface area contributed by atoms with Crippen molar-refractivity contribution in [1.82, 2.24) is 10.2 Å². The molecule has 0 bridgehead atoms. The quantitative estimate of drug-likeness (QED) is 0.649. The van der Waals surface area contributed by atoms with Crippen molar-refractivity contribution in [3.05, 3.63) is 0 Å². The van der Waals surface area contributed by atoms with Gasteiger partial charge < -0.3 is 10.2 Å². The third-order valence-electron chi connectivity index (χ3n) is 2.00. The lowest BCUT2D eigenvalue weighted by molar-refractivity contribution is 0.293. The monoisotopic (exact) mass is 158 g/mol. The van der Waals surface area contributed by atoms with E-state index < -0.39 is 0 Å². The molecule has 0 saturated carbocycles. The second kappa shape index (κ2) is 5.56. The molecule has 0 radical (unpaired) electrons. The zero-order valence-electron chi connectivity index (χ0n) is 8.52. The predicted octanol–water partition coefficient (Wildman–Crippen LogP) is 1.32. The van der Waals surface area contributed by atoms with Gasteiger partial charge in [0.15, 0.2) is 0 Å². The molecule has 2 heteroatoms. The minimum Gasteiger partial charge on any atom is -0.314 e. The summed E-state index contributed by atoms with van der Waals surface area (Å²) in [5.41, 5.74) is 0. The lowest BCUT2D eigenvalue weighted by atomic mass is 10.2. The molecule has 0 spiro atoms. The molecule has 11 heavy (non-hydrogen) atoms. The molecular weight excluding hydrogens is 136 g/mol. The summed E-state index contributed by atoms with van der Waals surface area (Å²) in [5, 5.41) is 3.40. The molecular formula is C9H22N2. The molecule has 0 aromatic carbocycles. The predicted molar refractivity (Wildman–Crippen MR) is 50.9 cm³/mol. The Morgan fingerprint density at radius 2 is 1.73 bits per heavy atom. The van der Waals surface area contributed by atoms with Gasteiger partial charge in [0.1, 0.15) is 0 Å². The molecule has 0 aliphatic carbocycles. The molecule has 2 nitrogen and oxygen atoms in total. The molecule has 0 rings (SSSR count). The van der Waals surface area contributed by atoms with Crippen LogP contribution in [0.1, 0.15) is 27.2 Å². The number of rotatable bonds is 5. The summed E-state index contributed by atoms with van der Waals surface area (Å²) in [6.07, 6.45) is 1.23. The van der Waals surface area contributed by atoms with Crippen LogP contribution in [0.25, 0.3) is 0 Å². The maximum absolute atomic E-state index is 3.40. The van der Waals surface area contributed by atoms with E-state index in [0.29, 0.717) is 12.1 Å². The molecule has 1 atom stereocenters. The van der Waals surface area contributed by atoms with Crippen LogP contribution in [-0.4, -0.2) is 37.6 Å². The fraction of sp³-hybridized carbons (Fsp3) is 1.00. The highest BCUT2D eigenvalue weighted by molar-refractivity contribution is 4.62. The van der Waals surface area contributed by atoms with E-state index in [-0.39, 0.29) is 0 Å². The second-order valence-electron chi connectivity index (χ2n) is 3.71. The molecule has 0 amide bonds. The first-order valence-electron chi connectivity index (χ1n) is 4.44. The van der Waals surface area contributed by atoms with Crippen LogP contribution in [0.4, 0.5) is 0 Å². The first-order chi connectivity index (χ1) is 5.04. The van der Waals surface area contributed by atoms with E-state index in [0.717, 1.165) is 6.54 Å². The highest BCUT2D eigenvalue weighted by Gasteiger charge is 2.03. The van der Waals surface area contributed by atoms with Gasteiger partial charge in [0.05, 0.1) is 0 Å². The van der Waals surface area contributed by atoms with Gasteiger partial charge in [-0.15, -0.1) is 0 Å². The van der Waals surface area contributed by atoms with Gasteiger partial charge in [-0.1, -0.05) is 13.8 Å². The first kappa shape index (κ1) is 10.9. The molecule has 1 unspecified atom stereocenters. The molecule has 0 aromatic rings. The van der Waals surface area contributed by atoms with E-state index >= 15 is 0 Å². The number of nitrogens with zero attached hydrogens (tertiary/aromatic N) is 1. The van der Waals surface area contributed by atoms with E-state index in [1.54, 1.807) is 0 Å². The third-order valence-corrected chi connectivity index (χ3v) is 2.00. The summed E-state index contributed by atoms with van der Waals surface area (Å²) in [6.45, 7) is 7.74. The Morgan fingerprint density at radius 1 is 1.18 bits per heavy atom. The van der Waals surface area contributed by atoms with Crippen molar-refractivity contribution in [3.63, 3.8) is 0 Å². The van der Waals surface area contributed by atoms with E-state index in [9.17, 15) is 0 Å². The van der Waals surface area contributed by atoms with Gasteiger partial charge in [0.2, 0.25) is 0 Å². The Kier molecular flexibility index (Phi) is 5.51. The third kappa shape index (κ3) is 6.32. The van der Waals surface area contributed by atoms with Gasteiger partial charge >= 0.3 is 0 Å². The molecule has 1 N–H and O–H groups in total. The molecule has 68 valence electrons. The summed E-state index contributed by atoms with van der Waals surface area (Å²) in [4.78, 5) is 2.25. The van der Waals surface area contributed by atoms with Crippen molar-refractivity contribution in [3.8, 4) is 0 Å². The fourth-order valence-corrected chi connectivity index (χ4v) is 0.839. The van der Waals surface area contributed by atoms with Crippen molar-refractivity contribution in [1.29, 1.82) is 0 Å². The molecule has 0 heterocycles. The maximum Gasteiger partial charge on any atom is 0.00729 e. The van der Waals surface area contributed by atoms with Crippen LogP contribution < -0.4 is 5.32 Å². The lowest BCUT2D eigenvalue weighted by Gasteiger charge is -2.20. The Bertz CT molecular complexity index is 89.6. The summed E-state index contributed by atoms with van der Waals surface area (Å²) in [5.74, 6) is 0. The smallest absolute Gasteiger partial charge is 0.00729 e. The van der Waals surface area contributed by atoms with Crippen molar-refractivity contribution in [2.75, 3.05) is 20.6 Å². The van der Waals surface area contributed by atoms with Crippen molar-refractivity contribution >= 4 is 0 Å². The molecule has 0 aliphatic rings. The van der Waals surface area contributed by atoms with E-state index in [1.165, 1.54) is 6.42 Å². The lowest BCUT2D eigenvalue weighted by Crippen LogP contribution is -2.31. The van der Waals surface area contributed by atoms with E-state index in [1.807, 2.05) is 0 Å². The maximum atomic E-state index is 3.40. The minimum atomic E-state index is 0.615. The summed E-state index contributed by atoms with van der Waals surface area (Å²) in [7, 11) is 4.25. The fourth-order valence-electron chi connectivity index (χ4n) is 0.839. The van der Waals surface area contributed by atoms with Gasteiger partial charge in [0.25, 0.3) is 0 Å². The Morgan fingerprint density at radius 3 is 2.09 bits per heavy atom. The normalized spacial score (nSPS) is 14.5. The van der Waals surface area contributed by atoms with E-state index in [2.05, 4.69) is 45.1 Å². The summed E-state index contributed by atoms with van der Waals surface area (Å²) >= 11 is 0. The van der Waals surface area contributed by atoms with Gasteiger partial charge in [-0.05, 0) is 34.0 Å². The summed E-state index contributed by atoms with van der Waals surface area (Å²) in [6, 6.07) is 1.30. The zero-order chi connectivity index (χ0) is 8.85. The Balaban J connectivity index is 3.24. The van der Waals surface area contributed by atoms with Crippen LogP contribution in [0.3, 0.4) is 0 Å². The number of hydrogen-bond donors (Lipinski definition) is 1. The average Bonchev–Trinajstić information content (AvgIpc) is 1.86. The summed E-state index contributed by atoms with van der Waals surface area (Å²) < 4.78 is 0. The van der Waals surface area contributed by atoms with Crippen LogP contribution in [0.2, 0.25) is 0 Å². The topological polar surface area (TPSA) is 15.3 Å². The van der Waals surface area contributed by atoms with E-state index in [4.69, 9.17) is 0 Å². The molecule has 0 saturated heterocycles. The van der Waals surface area contributed by atoms with Crippen LogP contribution in [0, 0.1) is 0 Å². The second-order valence-corrected chi connectivity index (χ2v) is 3.71.